The molecule has 1 N–H and O–H groups in total. The number of benzene rings is 3. The lowest BCUT2D eigenvalue weighted by Gasteiger charge is -2.32. The van der Waals surface area contributed by atoms with Gasteiger partial charge in [0.1, 0.15) is 6.04 Å². The maximum Gasteiger partial charge on any atom is 0.243 e. The van der Waals surface area contributed by atoms with Crippen LogP contribution in [-0.2, 0) is 29.0 Å². The normalized spacial score (nSPS) is 12.7. The summed E-state index contributed by atoms with van der Waals surface area (Å²) in [6.45, 7) is 3.24. The Kier molecular flexibility index (Phi) is 9.60. The van der Waals surface area contributed by atoms with Crippen LogP contribution in [0.5, 0.6) is 11.5 Å². The molecule has 0 saturated carbocycles. The van der Waals surface area contributed by atoms with E-state index in [1.165, 1.54) is 0 Å². The topological polar surface area (TPSA) is 67.9 Å². The number of aryl methyl sites for hydroxylation is 1. The lowest BCUT2D eigenvalue weighted by molar-refractivity contribution is -0.141. The van der Waals surface area contributed by atoms with E-state index in [2.05, 4.69) is 28.2 Å². The Morgan fingerprint density at radius 1 is 0.946 bits per heavy atom. The van der Waals surface area contributed by atoms with Crippen molar-refractivity contribution in [3.63, 3.8) is 0 Å². The minimum atomic E-state index is -0.623. The summed E-state index contributed by atoms with van der Waals surface area (Å²) in [4.78, 5) is 29.0. The number of hydrogen-bond acceptors (Lipinski definition) is 4. The van der Waals surface area contributed by atoms with E-state index in [-0.39, 0.29) is 25.0 Å². The molecule has 0 bridgehead atoms. The minimum Gasteiger partial charge on any atom is -0.454 e. The van der Waals surface area contributed by atoms with Crippen molar-refractivity contribution in [1.29, 1.82) is 0 Å². The van der Waals surface area contributed by atoms with Gasteiger partial charge in [-0.1, -0.05) is 77.8 Å². The number of fused-ring (bicyclic) bond motifs is 1. The predicted octanol–water partition coefficient (Wildman–Crippen LogP) is 5.67. The van der Waals surface area contributed by atoms with Gasteiger partial charge in [0.2, 0.25) is 18.6 Å². The van der Waals surface area contributed by atoms with Crippen LogP contribution in [0.3, 0.4) is 0 Å². The standard InChI is InChI=1S/C30H33BrN2O4/c1-2-3-16-32-30(35)26(18-22-8-5-4-6-9-22)33(20-24-10-7-11-25(31)17-24)29(34)15-13-23-12-14-27-28(19-23)37-21-36-27/h4-12,14,17,19,26H,2-3,13,15-16,18,20-21H2,1H3,(H,32,35)/t26-/m1/s1. The second-order valence-corrected chi connectivity index (χ2v) is 10.1. The number of rotatable bonds is 12. The van der Waals surface area contributed by atoms with Gasteiger partial charge in [-0.25, -0.2) is 0 Å². The van der Waals surface area contributed by atoms with Gasteiger partial charge in [-0.15, -0.1) is 0 Å². The molecule has 0 aromatic heterocycles. The molecule has 0 radical (unpaired) electrons. The number of ether oxygens (including phenoxy) is 2. The van der Waals surface area contributed by atoms with Crippen LogP contribution < -0.4 is 14.8 Å². The summed E-state index contributed by atoms with van der Waals surface area (Å²) in [6.07, 6.45) is 3.15. The zero-order chi connectivity index (χ0) is 26.0. The SMILES string of the molecule is CCCCNC(=O)[C@@H](Cc1ccccc1)N(Cc1cccc(Br)c1)C(=O)CCc1ccc2c(c1)OCO2. The second-order valence-electron chi connectivity index (χ2n) is 9.19. The third-order valence-electron chi connectivity index (χ3n) is 6.41. The summed E-state index contributed by atoms with van der Waals surface area (Å²) in [5.74, 6) is 1.24. The van der Waals surface area contributed by atoms with Crippen LogP contribution in [0.25, 0.3) is 0 Å². The van der Waals surface area contributed by atoms with E-state index in [1.807, 2.05) is 72.8 Å². The fourth-order valence-electron chi connectivity index (χ4n) is 4.38. The predicted molar refractivity (Wildman–Crippen MR) is 147 cm³/mol. The third kappa shape index (κ3) is 7.59. The number of halogens is 1. The van der Waals surface area contributed by atoms with Gasteiger partial charge >= 0.3 is 0 Å². The van der Waals surface area contributed by atoms with Gasteiger partial charge in [-0.2, -0.15) is 0 Å². The summed E-state index contributed by atoms with van der Waals surface area (Å²) < 4.78 is 11.8. The van der Waals surface area contributed by atoms with Crippen LogP contribution in [0.1, 0.15) is 42.9 Å². The lowest BCUT2D eigenvalue weighted by atomic mass is 10.0. The van der Waals surface area contributed by atoms with Gasteiger partial charge in [0.05, 0.1) is 0 Å². The molecular formula is C30H33BrN2O4. The maximum absolute atomic E-state index is 13.8. The lowest BCUT2D eigenvalue weighted by Crippen LogP contribution is -2.50. The second kappa shape index (κ2) is 13.3. The highest BCUT2D eigenvalue weighted by Gasteiger charge is 2.30. The first kappa shape index (κ1) is 26.7. The van der Waals surface area contributed by atoms with Gasteiger partial charge in [0, 0.05) is 30.4 Å². The highest BCUT2D eigenvalue weighted by molar-refractivity contribution is 9.10. The molecule has 2 amide bonds. The van der Waals surface area contributed by atoms with Crippen molar-refractivity contribution in [2.75, 3.05) is 13.3 Å². The summed E-state index contributed by atoms with van der Waals surface area (Å²) >= 11 is 3.53. The first-order valence-corrected chi connectivity index (χ1v) is 13.6. The molecule has 3 aromatic rings. The molecule has 0 fully saturated rings. The van der Waals surface area contributed by atoms with Crippen LogP contribution in [0.15, 0.2) is 77.3 Å². The van der Waals surface area contributed by atoms with E-state index >= 15 is 0 Å². The van der Waals surface area contributed by atoms with Crippen molar-refractivity contribution < 1.29 is 19.1 Å². The average Bonchev–Trinajstić information content (AvgIpc) is 3.38. The number of amides is 2. The number of carbonyl (C=O) groups excluding carboxylic acids is 2. The van der Waals surface area contributed by atoms with Crippen LogP contribution in [0.4, 0.5) is 0 Å². The summed E-state index contributed by atoms with van der Waals surface area (Å²) in [6, 6.07) is 22.9. The molecule has 7 heteroatoms. The minimum absolute atomic E-state index is 0.0655. The number of carbonyl (C=O) groups is 2. The monoisotopic (exact) mass is 564 g/mol. The van der Waals surface area contributed by atoms with Gasteiger partial charge in [0.15, 0.2) is 11.5 Å². The molecule has 1 atom stereocenters. The fourth-order valence-corrected chi connectivity index (χ4v) is 4.83. The van der Waals surface area contributed by atoms with Crippen molar-refractivity contribution >= 4 is 27.7 Å². The zero-order valence-electron chi connectivity index (χ0n) is 21.1. The van der Waals surface area contributed by atoms with Crippen LogP contribution >= 0.6 is 15.9 Å². The Morgan fingerprint density at radius 2 is 1.73 bits per heavy atom. The van der Waals surface area contributed by atoms with Crippen molar-refractivity contribution in [1.82, 2.24) is 10.2 Å². The molecule has 0 spiro atoms. The van der Waals surface area contributed by atoms with Crippen LogP contribution in [0.2, 0.25) is 0 Å². The van der Waals surface area contributed by atoms with E-state index in [9.17, 15) is 9.59 Å². The quantitative estimate of drug-likeness (QED) is 0.288. The first-order valence-electron chi connectivity index (χ1n) is 12.8. The van der Waals surface area contributed by atoms with Crippen LogP contribution in [-0.4, -0.2) is 36.1 Å². The molecule has 194 valence electrons. The summed E-state index contributed by atoms with van der Waals surface area (Å²) in [5.41, 5.74) is 2.97. The van der Waals surface area contributed by atoms with Crippen molar-refractivity contribution in [3.05, 3.63) is 94.0 Å². The van der Waals surface area contributed by atoms with Crippen molar-refractivity contribution in [3.8, 4) is 11.5 Å². The van der Waals surface area contributed by atoms with Crippen molar-refractivity contribution in [2.24, 2.45) is 0 Å². The van der Waals surface area contributed by atoms with E-state index in [0.717, 1.165) is 39.8 Å². The molecule has 6 nitrogen and oxygen atoms in total. The van der Waals surface area contributed by atoms with Gasteiger partial charge < -0.3 is 19.7 Å². The Balaban J connectivity index is 1.58. The molecule has 0 unspecified atom stereocenters. The largest absolute Gasteiger partial charge is 0.454 e. The number of unbranched alkanes of at least 4 members (excludes halogenated alkanes) is 1. The van der Waals surface area contributed by atoms with Gasteiger partial charge in [-0.05, 0) is 53.8 Å². The maximum atomic E-state index is 13.8. The molecule has 4 rings (SSSR count). The van der Waals surface area contributed by atoms with E-state index < -0.39 is 6.04 Å². The first-order chi connectivity index (χ1) is 18.0. The Morgan fingerprint density at radius 3 is 2.51 bits per heavy atom. The molecule has 0 saturated heterocycles. The third-order valence-corrected chi connectivity index (χ3v) is 6.90. The molecule has 3 aromatic carbocycles. The highest BCUT2D eigenvalue weighted by atomic mass is 79.9. The summed E-state index contributed by atoms with van der Waals surface area (Å²) in [7, 11) is 0. The highest BCUT2D eigenvalue weighted by Crippen LogP contribution is 2.33. The van der Waals surface area contributed by atoms with Crippen LogP contribution in [0, 0.1) is 0 Å². The Hall–Kier alpha value is -3.32. The van der Waals surface area contributed by atoms with Crippen molar-refractivity contribution in [2.45, 2.75) is 51.6 Å². The molecular weight excluding hydrogens is 532 g/mol. The van der Waals surface area contributed by atoms with E-state index in [4.69, 9.17) is 9.47 Å². The molecule has 0 aliphatic carbocycles. The molecule has 1 aliphatic heterocycles. The number of nitrogens with one attached hydrogen (secondary N) is 1. The number of hydrogen-bond donors (Lipinski definition) is 1. The Labute approximate surface area is 227 Å². The van der Waals surface area contributed by atoms with Gasteiger partial charge in [0.25, 0.3) is 0 Å². The molecule has 1 aliphatic rings. The fraction of sp³-hybridized carbons (Fsp3) is 0.333. The molecule has 37 heavy (non-hydrogen) atoms. The van der Waals surface area contributed by atoms with Gasteiger partial charge in [-0.3, -0.25) is 9.59 Å². The Bertz CT molecular complexity index is 1200. The zero-order valence-corrected chi connectivity index (χ0v) is 22.7. The molecule has 1 heterocycles. The number of nitrogens with zero attached hydrogens (tertiary/aromatic N) is 1. The smallest absolute Gasteiger partial charge is 0.243 e. The average molecular weight is 566 g/mol. The van der Waals surface area contributed by atoms with E-state index in [0.29, 0.717) is 31.7 Å². The van der Waals surface area contributed by atoms with E-state index in [1.54, 1.807) is 4.90 Å². The summed E-state index contributed by atoms with van der Waals surface area (Å²) in [5, 5.41) is 3.07.